The molecule has 0 aliphatic carbocycles. The van der Waals surface area contributed by atoms with Crippen LogP contribution in [0.15, 0.2) is 0 Å². The summed E-state index contributed by atoms with van der Waals surface area (Å²) in [6, 6.07) is 0.880. The summed E-state index contributed by atoms with van der Waals surface area (Å²) in [5, 5.41) is 1.91. The van der Waals surface area contributed by atoms with E-state index in [9.17, 15) is 0 Å². The molecule has 13 heavy (non-hydrogen) atoms. The third kappa shape index (κ3) is 2.40. The van der Waals surface area contributed by atoms with E-state index in [0.29, 0.717) is 12.1 Å². The van der Waals surface area contributed by atoms with Crippen molar-refractivity contribution in [2.24, 2.45) is 11.6 Å². The Hall–Kier alpha value is -0.160. The first-order valence-electron chi connectivity index (χ1n) is 5.09. The number of nitrogens with zero attached hydrogens (tertiary/aromatic N) is 2. The van der Waals surface area contributed by atoms with Crippen LogP contribution in [0.2, 0.25) is 0 Å². The minimum atomic E-state index is 0.186. The van der Waals surface area contributed by atoms with E-state index < -0.39 is 0 Å². The predicted molar refractivity (Wildman–Crippen MR) is 54.8 cm³/mol. The second kappa shape index (κ2) is 4.37. The molecule has 4 nitrogen and oxygen atoms in total. The Morgan fingerprint density at radius 1 is 1.31 bits per heavy atom. The number of rotatable bonds is 2. The van der Waals surface area contributed by atoms with Gasteiger partial charge in [-0.15, -0.1) is 0 Å². The molecule has 78 valence electrons. The number of piperazine rings is 1. The molecule has 1 aliphatic rings. The summed E-state index contributed by atoms with van der Waals surface area (Å²) in [4.78, 5) is 2.34. The number of nitrogens with two attached hydrogens (primary N) is 2. The quantitative estimate of drug-likeness (QED) is 0.594. The molecule has 1 rings (SSSR count). The molecule has 1 heterocycles. The van der Waals surface area contributed by atoms with Crippen molar-refractivity contribution in [2.75, 3.05) is 13.1 Å². The molecule has 0 radical (unpaired) electrons. The van der Waals surface area contributed by atoms with E-state index in [4.69, 9.17) is 11.6 Å². The Morgan fingerprint density at radius 3 is 2.46 bits per heavy atom. The lowest BCUT2D eigenvalue weighted by Crippen LogP contribution is -2.62. The Bertz CT molecular complexity index is 162. The number of hydrogen-bond acceptors (Lipinski definition) is 4. The second-order valence-electron chi connectivity index (χ2n) is 4.07. The molecular formula is C9H22N4. The monoisotopic (exact) mass is 186 g/mol. The van der Waals surface area contributed by atoms with Gasteiger partial charge in [0, 0.05) is 25.2 Å². The van der Waals surface area contributed by atoms with Gasteiger partial charge in [-0.1, -0.05) is 6.92 Å². The van der Waals surface area contributed by atoms with Crippen LogP contribution in [-0.4, -0.2) is 41.2 Å². The Balaban J connectivity index is 2.55. The summed E-state index contributed by atoms with van der Waals surface area (Å²) in [6.45, 7) is 8.33. The van der Waals surface area contributed by atoms with Crippen LogP contribution in [0, 0.1) is 0 Å². The molecule has 3 atom stereocenters. The van der Waals surface area contributed by atoms with E-state index in [0.717, 1.165) is 19.5 Å². The van der Waals surface area contributed by atoms with Crippen LogP contribution in [0.5, 0.6) is 0 Å². The molecule has 1 aliphatic heterocycles. The normalized spacial score (nSPS) is 34.8. The van der Waals surface area contributed by atoms with Crippen molar-refractivity contribution >= 4 is 0 Å². The first-order chi connectivity index (χ1) is 6.06. The predicted octanol–water partition coefficient (Wildman–Crippen LogP) is -0.0505. The van der Waals surface area contributed by atoms with Crippen LogP contribution in [-0.2, 0) is 0 Å². The number of hydrazine groups is 1. The average molecular weight is 186 g/mol. The van der Waals surface area contributed by atoms with Crippen molar-refractivity contribution in [3.63, 3.8) is 0 Å². The molecule has 0 aromatic carbocycles. The van der Waals surface area contributed by atoms with Gasteiger partial charge in [-0.2, -0.15) is 0 Å². The maximum atomic E-state index is 6.01. The van der Waals surface area contributed by atoms with Crippen molar-refractivity contribution in [1.82, 2.24) is 9.91 Å². The van der Waals surface area contributed by atoms with E-state index in [-0.39, 0.29) is 6.17 Å². The molecule has 0 saturated carbocycles. The van der Waals surface area contributed by atoms with Crippen molar-refractivity contribution in [3.8, 4) is 0 Å². The third-order valence-electron chi connectivity index (χ3n) is 2.93. The van der Waals surface area contributed by atoms with Gasteiger partial charge < -0.3 is 5.73 Å². The zero-order valence-electron chi connectivity index (χ0n) is 8.90. The summed E-state index contributed by atoms with van der Waals surface area (Å²) < 4.78 is 0. The summed E-state index contributed by atoms with van der Waals surface area (Å²) in [5.41, 5.74) is 6.01. The van der Waals surface area contributed by atoms with Crippen LogP contribution in [0.25, 0.3) is 0 Å². The molecule has 0 spiro atoms. The van der Waals surface area contributed by atoms with E-state index in [1.54, 1.807) is 0 Å². The Morgan fingerprint density at radius 2 is 1.92 bits per heavy atom. The van der Waals surface area contributed by atoms with Crippen LogP contribution in [0.1, 0.15) is 27.2 Å². The van der Waals surface area contributed by atoms with Gasteiger partial charge in [0.15, 0.2) is 0 Å². The molecule has 1 saturated heterocycles. The molecule has 4 N–H and O–H groups in total. The zero-order chi connectivity index (χ0) is 10.0. The largest absolute Gasteiger partial charge is 0.316 e. The maximum Gasteiger partial charge on any atom is 0.0572 e. The summed E-state index contributed by atoms with van der Waals surface area (Å²) in [6.07, 6.45) is 1.19. The molecule has 1 fully saturated rings. The Kier molecular flexibility index (Phi) is 3.67. The highest BCUT2D eigenvalue weighted by Crippen LogP contribution is 2.14. The first kappa shape index (κ1) is 10.9. The third-order valence-corrected chi connectivity index (χ3v) is 2.93. The van der Waals surface area contributed by atoms with E-state index >= 15 is 0 Å². The molecule has 4 heteroatoms. The second-order valence-corrected chi connectivity index (χ2v) is 4.07. The summed E-state index contributed by atoms with van der Waals surface area (Å²) in [7, 11) is 0. The lowest BCUT2D eigenvalue weighted by molar-refractivity contribution is 0.0148. The fourth-order valence-electron chi connectivity index (χ4n) is 1.88. The first-order valence-corrected chi connectivity index (χ1v) is 5.09. The zero-order valence-corrected chi connectivity index (χ0v) is 8.90. The van der Waals surface area contributed by atoms with Crippen molar-refractivity contribution < 1.29 is 0 Å². The Labute approximate surface area is 80.8 Å². The van der Waals surface area contributed by atoms with Crippen molar-refractivity contribution in [1.29, 1.82) is 0 Å². The van der Waals surface area contributed by atoms with Crippen LogP contribution < -0.4 is 11.6 Å². The van der Waals surface area contributed by atoms with Gasteiger partial charge in [0.05, 0.1) is 6.17 Å². The standard InChI is InChI=1S/C9H22N4/c1-4-9(10)12-5-8(3)13(11)6-7(12)2/h7-9H,4-6,10-11H2,1-3H3. The van der Waals surface area contributed by atoms with Crippen LogP contribution >= 0.6 is 0 Å². The van der Waals surface area contributed by atoms with Gasteiger partial charge in [0.2, 0.25) is 0 Å². The fourth-order valence-corrected chi connectivity index (χ4v) is 1.88. The highest BCUT2D eigenvalue weighted by atomic mass is 15.5. The van der Waals surface area contributed by atoms with Crippen molar-refractivity contribution in [2.45, 2.75) is 45.4 Å². The minimum Gasteiger partial charge on any atom is -0.316 e. The molecule has 3 unspecified atom stereocenters. The van der Waals surface area contributed by atoms with Crippen LogP contribution in [0.4, 0.5) is 0 Å². The maximum absolute atomic E-state index is 6.01. The molecule has 0 amide bonds. The van der Waals surface area contributed by atoms with Gasteiger partial charge in [-0.3, -0.25) is 10.7 Å². The molecule has 0 aromatic rings. The van der Waals surface area contributed by atoms with Gasteiger partial charge in [0.25, 0.3) is 0 Å². The van der Waals surface area contributed by atoms with E-state index in [1.807, 2.05) is 5.01 Å². The van der Waals surface area contributed by atoms with E-state index in [1.165, 1.54) is 0 Å². The van der Waals surface area contributed by atoms with Crippen LogP contribution in [0.3, 0.4) is 0 Å². The van der Waals surface area contributed by atoms with Gasteiger partial charge >= 0.3 is 0 Å². The molecule has 0 aromatic heterocycles. The lowest BCUT2D eigenvalue weighted by Gasteiger charge is -2.44. The smallest absolute Gasteiger partial charge is 0.0572 e. The average Bonchev–Trinajstić information content (AvgIpc) is 2.10. The molecular weight excluding hydrogens is 164 g/mol. The fraction of sp³-hybridized carbons (Fsp3) is 1.00. The SMILES string of the molecule is CCC(N)N1CC(C)N(N)CC1C. The van der Waals surface area contributed by atoms with Gasteiger partial charge in [-0.25, -0.2) is 5.01 Å². The molecule has 0 bridgehead atoms. The van der Waals surface area contributed by atoms with Crippen molar-refractivity contribution in [3.05, 3.63) is 0 Å². The van der Waals surface area contributed by atoms with Gasteiger partial charge in [-0.05, 0) is 20.3 Å². The minimum absolute atomic E-state index is 0.186. The highest BCUT2D eigenvalue weighted by Gasteiger charge is 2.29. The number of hydrogen-bond donors (Lipinski definition) is 2. The summed E-state index contributed by atoms with van der Waals surface area (Å²) in [5.74, 6) is 5.84. The van der Waals surface area contributed by atoms with Gasteiger partial charge in [0.1, 0.15) is 0 Å². The highest BCUT2D eigenvalue weighted by molar-refractivity contribution is 4.83. The van der Waals surface area contributed by atoms with E-state index in [2.05, 4.69) is 25.7 Å². The lowest BCUT2D eigenvalue weighted by atomic mass is 10.1. The summed E-state index contributed by atoms with van der Waals surface area (Å²) >= 11 is 0. The topological polar surface area (TPSA) is 58.5 Å².